The van der Waals surface area contributed by atoms with Gasteiger partial charge in [-0.2, -0.15) is 0 Å². The normalized spacial score (nSPS) is 21.5. The van der Waals surface area contributed by atoms with Crippen LogP contribution in [0.3, 0.4) is 0 Å². The predicted octanol–water partition coefficient (Wildman–Crippen LogP) is 0.0247. The van der Waals surface area contributed by atoms with Gasteiger partial charge in [0.1, 0.15) is 0 Å². The molecule has 0 aromatic heterocycles. The van der Waals surface area contributed by atoms with Crippen molar-refractivity contribution in [3.63, 3.8) is 0 Å². The maximum atomic E-state index is 3.45. The fourth-order valence-corrected chi connectivity index (χ4v) is 2.79. The Morgan fingerprint density at radius 1 is 1.08 bits per heavy atom. The summed E-state index contributed by atoms with van der Waals surface area (Å²) in [6.07, 6.45) is 7.12. The zero-order valence-electron chi connectivity index (χ0n) is 8.61. The van der Waals surface area contributed by atoms with Crippen molar-refractivity contribution in [1.82, 2.24) is 10.6 Å². The number of nitrogens with one attached hydrogen (secondary N) is 2. The van der Waals surface area contributed by atoms with Gasteiger partial charge in [-0.05, 0) is 32.9 Å². The highest BCUT2D eigenvalue weighted by atomic mass is 28.1. The smallest absolute Gasteiger partial charge is 0.0495 e. The molecular weight excluding hydrogens is 164 g/mol. The summed E-state index contributed by atoms with van der Waals surface area (Å²) in [5.74, 6) is 0.868. The lowest BCUT2D eigenvalue weighted by atomic mass is 9.86. The molecule has 1 rings (SSSR count). The van der Waals surface area contributed by atoms with E-state index in [1.165, 1.54) is 42.3 Å². The molecule has 0 aromatic carbocycles. The van der Waals surface area contributed by atoms with Crippen LogP contribution in [0.15, 0.2) is 0 Å². The molecule has 0 unspecified atom stereocenters. The third-order valence-electron chi connectivity index (χ3n) is 3.46. The lowest BCUT2D eigenvalue weighted by Gasteiger charge is -2.40. The van der Waals surface area contributed by atoms with E-state index in [9.17, 15) is 0 Å². The van der Waals surface area contributed by atoms with Gasteiger partial charge in [-0.25, -0.2) is 0 Å². The van der Waals surface area contributed by atoms with E-state index in [-0.39, 0.29) is 0 Å². The summed E-state index contributed by atoms with van der Waals surface area (Å²) in [7, 11) is 5.35. The molecular formula is C9H22N2Si. The zero-order valence-corrected chi connectivity index (χ0v) is 10.6. The summed E-state index contributed by atoms with van der Waals surface area (Å²) in [6.45, 7) is 0. The Bertz CT molecular complexity index is 128. The largest absolute Gasteiger partial charge is 0.306 e. The fraction of sp³-hybridized carbons (Fsp3) is 1.00. The van der Waals surface area contributed by atoms with Crippen LogP contribution >= 0.6 is 0 Å². The first-order valence-corrected chi connectivity index (χ1v) is 6.11. The molecule has 0 spiro atoms. The summed E-state index contributed by atoms with van der Waals surface area (Å²) in [5, 5.41) is 7.19. The predicted molar refractivity (Wildman–Crippen MR) is 57.4 cm³/mol. The molecule has 0 saturated heterocycles. The minimum Gasteiger partial charge on any atom is -0.306 e. The van der Waals surface area contributed by atoms with Crippen LogP contribution in [0.25, 0.3) is 0 Å². The van der Waals surface area contributed by atoms with Gasteiger partial charge in [-0.15, -0.1) is 0 Å². The van der Waals surface area contributed by atoms with Crippen LogP contribution in [0, 0.1) is 5.92 Å². The molecule has 0 atom stereocenters. The van der Waals surface area contributed by atoms with E-state index in [1.807, 2.05) is 0 Å². The van der Waals surface area contributed by atoms with Crippen LogP contribution < -0.4 is 10.6 Å². The van der Waals surface area contributed by atoms with Crippen molar-refractivity contribution in [2.24, 2.45) is 5.92 Å². The van der Waals surface area contributed by atoms with Gasteiger partial charge in [0.25, 0.3) is 0 Å². The molecule has 0 aromatic rings. The van der Waals surface area contributed by atoms with E-state index in [2.05, 4.69) is 24.7 Å². The maximum absolute atomic E-state index is 3.45. The molecule has 12 heavy (non-hydrogen) atoms. The standard InChI is InChI=1S/C9H22N2Si/c1-10-9(12,11-2)8-6-4-3-5-7-8/h8,10-11H,3-7H2,1-2,12H3. The highest BCUT2D eigenvalue weighted by Crippen LogP contribution is 2.29. The van der Waals surface area contributed by atoms with Crippen molar-refractivity contribution in [2.45, 2.75) is 37.4 Å². The van der Waals surface area contributed by atoms with Crippen molar-refractivity contribution >= 4 is 10.2 Å². The van der Waals surface area contributed by atoms with Crippen LogP contribution in [0.2, 0.25) is 0 Å². The van der Waals surface area contributed by atoms with Crippen LogP contribution in [0.1, 0.15) is 32.1 Å². The van der Waals surface area contributed by atoms with Crippen LogP contribution in [0.5, 0.6) is 0 Å². The van der Waals surface area contributed by atoms with E-state index < -0.39 is 0 Å². The lowest BCUT2D eigenvalue weighted by molar-refractivity contribution is 0.218. The van der Waals surface area contributed by atoms with Crippen molar-refractivity contribution < 1.29 is 0 Å². The molecule has 0 bridgehead atoms. The van der Waals surface area contributed by atoms with Crippen LogP contribution in [-0.4, -0.2) is 29.6 Å². The Labute approximate surface area is 78.9 Å². The first-order chi connectivity index (χ1) is 5.73. The van der Waals surface area contributed by atoms with Gasteiger partial charge < -0.3 is 10.6 Å². The minimum absolute atomic E-state index is 0.292. The molecule has 3 heteroatoms. The zero-order chi connectivity index (χ0) is 9.03. The average Bonchev–Trinajstić information content (AvgIpc) is 2.18. The molecule has 2 N–H and O–H groups in total. The van der Waals surface area contributed by atoms with Gasteiger partial charge in [-0.1, -0.05) is 19.3 Å². The van der Waals surface area contributed by atoms with Gasteiger partial charge >= 0.3 is 0 Å². The number of rotatable bonds is 3. The van der Waals surface area contributed by atoms with E-state index in [0.29, 0.717) is 5.29 Å². The Morgan fingerprint density at radius 3 is 2.00 bits per heavy atom. The molecule has 1 aliphatic carbocycles. The molecule has 2 nitrogen and oxygen atoms in total. The maximum Gasteiger partial charge on any atom is 0.0495 e. The summed E-state index contributed by atoms with van der Waals surface area (Å²) >= 11 is 0. The monoisotopic (exact) mass is 186 g/mol. The van der Waals surface area contributed by atoms with E-state index in [4.69, 9.17) is 0 Å². The Balaban J connectivity index is 2.51. The molecule has 1 aliphatic rings. The molecule has 72 valence electrons. The van der Waals surface area contributed by atoms with Gasteiger partial charge in [0.15, 0.2) is 0 Å². The van der Waals surface area contributed by atoms with Crippen LogP contribution in [-0.2, 0) is 0 Å². The molecule has 1 fully saturated rings. The molecule has 0 radical (unpaired) electrons. The van der Waals surface area contributed by atoms with Crippen molar-refractivity contribution in [1.29, 1.82) is 0 Å². The summed E-state index contributed by atoms with van der Waals surface area (Å²) in [5.41, 5.74) is 0. The Morgan fingerprint density at radius 2 is 1.58 bits per heavy atom. The van der Waals surface area contributed by atoms with Gasteiger partial charge in [0.2, 0.25) is 0 Å². The second-order valence-electron chi connectivity index (χ2n) is 4.04. The summed E-state index contributed by atoms with van der Waals surface area (Å²) < 4.78 is 0. The topological polar surface area (TPSA) is 24.1 Å². The van der Waals surface area contributed by atoms with Crippen molar-refractivity contribution in [3.05, 3.63) is 0 Å². The Kier molecular flexibility index (Phi) is 3.74. The summed E-state index contributed by atoms with van der Waals surface area (Å²) in [6, 6.07) is 0. The third kappa shape index (κ3) is 2.09. The summed E-state index contributed by atoms with van der Waals surface area (Å²) in [4.78, 5) is 0. The third-order valence-corrected chi connectivity index (χ3v) is 5.28. The molecule has 0 heterocycles. The lowest BCUT2D eigenvalue weighted by Crippen LogP contribution is -2.60. The van der Waals surface area contributed by atoms with Gasteiger partial charge in [0.05, 0.1) is 0 Å². The molecule has 0 amide bonds. The second-order valence-corrected chi connectivity index (χ2v) is 5.61. The quantitative estimate of drug-likeness (QED) is 0.480. The Hall–Kier alpha value is 0.137. The fourth-order valence-electron chi connectivity index (χ4n) is 2.21. The molecule has 1 saturated carbocycles. The van der Waals surface area contributed by atoms with Gasteiger partial charge in [0, 0.05) is 15.5 Å². The first-order valence-electron chi connectivity index (χ1n) is 5.11. The minimum atomic E-state index is 0.292. The highest BCUT2D eigenvalue weighted by Gasteiger charge is 2.31. The van der Waals surface area contributed by atoms with E-state index in [1.54, 1.807) is 0 Å². The highest BCUT2D eigenvalue weighted by molar-refractivity contribution is 6.15. The van der Waals surface area contributed by atoms with Crippen molar-refractivity contribution in [3.8, 4) is 0 Å². The van der Waals surface area contributed by atoms with Crippen molar-refractivity contribution in [2.75, 3.05) is 14.1 Å². The average molecular weight is 186 g/mol. The first kappa shape index (κ1) is 10.2. The van der Waals surface area contributed by atoms with Crippen LogP contribution in [0.4, 0.5) is 0 Å². The van der Waals surface area contributed by atoms with E-state index in [0.717, 1.165) is 5.92 Å². The SMILES string of the molecule is CNC([SiH3])(NC)C1CCCCC1. The van der Waals surface area contributed by atoms with E-state index >= 15 is 0 Å². The van der Waals surface area contributed by atoms with Gasteiger partial charge in [-0.3, -0.25) is 0 Å². The number of hydrogen-bond donors (Lipinski definition) is 2. The second kappa shape index (κ2) is 4.39. The molecule has 0 aliphatic heterocycles. The number of hydrogen-bond acceptors (Lipinski definition) is 2.